The molecule has 3 aromatic rings. The minimum Gasteiger partial charge on any atom is -0.482 e. The summed E-state index contributed by atoms with van der Waals surface area (Å²) >= 11 is 5.86. The lowest BCUT2D eigenvalue weighted by Crippen LogP contribution is -2.25. The summed E-state index contributed by atoms with van der Waals surface area (Å²) in [7, 11) is 0. The maximum absolute atomic E-state index is 13.8. The molecule has 0 bridgehead atoms. The van der Waals surface area contributed by atoms with Gasteiger partial charge in [-0.05, 0) is 36.4 Å². The highest BCUT2D eigenvalue weighted by molar-refractivity contribution is 6.30. The highest BCUT2D eigenvalue weighted by Crippen LogP contribution is 2.35. The van der Waals surface area contributed by atoms with Gasteiger partial charge in [0.15, 0.2) is 12.3 Å². The van der Waals surface area contributed by atoms with Crippen LogP contribution >= 0.6 is 11.6 Å². The summed E-state index contributed by atoms with van der Waals surface area (Å²) in [5.41, 5.74) is -1.37. The maximum atomic E-state index is 13.8. The lowest BCUT2D eigenvalue weighted by atomic mass is 10.2. The Morgan fingerprint density at radius 3 is 2.77 bits per heavy atom. The topological polar surface area (TPSA) is 85.2 Å². The predicted molar refractivity (Wildman–Crippen MR) is 102 cm³/mol. The number of nitrogens with zero attached hydrogens (tertiary/aromatic N) is 2. The van der Waals surface area contributed by atoms with E-state index in [2.05, 4.69) is 15.7 Å². The smallest absolute Gasteiger partial charge is 0.434 e. The van der Waals surface area contributed by atoms with E-state index in [1.165, 1.54) is 42.5 Å². The number of hydrogen-bond donors (Lipinski definition) is 2. The molecule has 2 aromatic carbocycles. The molecule has 2 N–H and O–H groups in total. The van der Waals surface area contributed by atoms with Gasteiger partial charge in [0, 0.05) is 10.7 Å². The van der Waals surface area contributed by atoms with Crippen LogP contribution in [0, 0.1) is 0 Å². The fourth-order valence-electron chi connectivity index (χ4n) is 2.95. The van der Waals surface area contributed by atoms with Gasteiger partial charge in [-0.2, -0.15) is 18.3 Å². The minimum atomic E-state index is -4.86. The molecule has 30 heavy (non-hydrogen) atoms. The van der Waals surface area contributed by atoms with Crippen molar-refractivity contribution in [2.45, 2.75) is 6.18 Å². The molecule has 1 aliphatic heterocycles. The molecule has 11 heteroatoms. The Morgan fingerprint density at radius 2 is 2.03 bits per heavy atom. The summed E-state index contributed by atoms with van der Waals surface area (Å²) in [4.78, 5) is 24.0. The number of amides is 2. The van der Waals surface area contributed by atoms with Crippen LogP contribution in [0.1, 0.15) is 16.1 Å². The average Bonchev–Trinajstić information content (AvgIpc) is 3.13. The van der Waals surface area contributed by atoms with Crippen molar-refractivity contribution in [3.05, 3.63) is 64.9 Å². The zero-order chi connectivity index (χ0) is 21.5. The summed E-state index contributed by atoms with van der Waals surface area (Å²) in [6, 6.07) is 10.0. The number of aromatic nitrogens is 2. The van der Waals surface area contributed by atoms with Crippen LogP contribution in [0.15, 0.2) is 48.7 Å². The number of hydrogen-bond acceptors (Lipinski definition) is 4. The number of nitrogens with one attached hydrogen (secondary N) is 2. The first-order chi connectivity index (χ1) is 14.2. The van der Waals surface area contributed by atoms with E-state index < -0.39 is 23.3 Å². The Hall–Kier alpha value is -3.53. The van der Waals surface area contributed by atoms with E-state index in [1.54, 1.807) is 0 Å². The minimum absolute atomic E-state index is 0.0579. The van der Waals surface area contributed by atoms with E-state index in [4.69, 9.17) is 16.3 Å². The van der Waals surface area contributed by atoms with Crippen LogP contribution in [0.2, 0.25) is 5.02 Å². The number of carbonyl (C=O) groups is 2. The van der Waals surface area contributed by atoms with Gasteiger partial charge < -0.3 is 15.4 Å². The normalized spacial score (nSPS) is 13.3. The van der Waals surface area contributed by atoms with Crippen molar-refractivity contribution >= 4 is 34.8 Å². The van der Waals surface area contributed by atoms with Crippen molar-refractivity contribution < 1.29 is 27.5 Å². The Balaban J connectivity index is 1.68. The van der Waals surface area contributed by atoms with Gasteiger partial charge in [0.25, 0.3) is 11.8 Å². The first kappa shape index (κ1) is 19.8. The van der Waals surface area contributed by atoms with Crippen LogP contribution in [0.4, 0.5) is 24.5 Å². The Labute approximate surface area is 172 Å². The number of anilines is 2. The van der Waals surface area contributed by atoms with Crippen LogP contribution < -0.4 is 15.4 Å². The molecule has 2 amide bonds. The zero-order valence-electron chi connectivity index (χ0n) is 15.0. The van der Waals surface area contributed by atoms with E-state index in [1.807, 2.05) is 0 Å². The number of ether oxygens (including phenoxy) is 1. The average molecular weight is 437 g/mol. The molecule has 0 aliphatic carbocycles. The van der Waals surface area contributed by atoms with E-state index >= 15 is 0 Å². The number of benzene rings is 2. The second-order valence-electron chi connectivity index (χ2n) is 6.30. The summed E-state index contributed by atoms with van der Waals surface area (Å²) in [5.74, 6) is -1.01. The maximum Gasteiger partial charge on any atom is 0.434 e. The van der Waals surface area contributed by atoms with Crippen LogP contribution in [-0.4, -0.2) is 28.2 Å². The predicted octanol–water partition coefficient (Wildman–Crippen LogP) is 4.13. The molecular formula is C19H12ClF3N4O3. The third-order valence-corrected chi connectivity index (χ3v) is 4.44. The summed E-state index contributed by atoms with van der Waals surface area (Å²) in [6.07, 6.45) is -4.02. The van der Waals surface area contributed by atoms with E-state index in [0.717, 1.165) is 6.20 Å². The number of rotatable bonds is 3. The lowest BCUT2D eigenvalue weighted by Gasteiger charge is -2.18. The van der Waals surface area contributed by atoms with Crippen molar-refractivity contribution in [3.8, 4) is 11.4 Å². The van der Waals surface area contributed by atoms with Crippen molar-refractivity contribution in [1.29, 1.82) is 0 Å². The van der Waals surface area contributed by atoms with Gasteiger partial charge in [-0.3, -0.25) is 9.59 Å². The number of alkyl halides is 3. The largest absolute Gasteiger partial charge is 0.482 e. The molecule has 2 heterocycles. The summed E-state index contributed by atoms with van der Waals surface area (Å²) in [6.45, 7) is -0.143. The Morgan fingerprint density at radius 1 is 1.23 bits per heavy atom. The van der Waals surface area contributed by atoms with E-state index in [0.29, 0.717) is 16.1 Å². The second kappa shape index (κ2) is 7.38. The molecule has 154 valence electrons. The molecule has 0 fully saturated rings. The van der Waals surface area contributed by atoms with E-state index in [-0.39, 0.29) is 28.9 Å². The third kappa shape index (κ3) is 3.81. The van der Waals surface area contributed by atoms with Gasteiger partial charge in [0.1, 0.15) is 5.75 Å². The van der Waals surface area contributed by atoms with Crippen molar-refractivity contribution in [2.24, 2.45) is 0 Å². The second-order valence-corrected chi connectivity index (χ2v) is 6.73. The quantitative estimate of drug-likeness (QED) is 0.646. The molecule has 0 unspecified atom stereocenters. The van der Waals surface area contributed by atoms with Crippen LogP contribution in [-0.2, 0) is 11.0 Å². The fourth-order valence-corrected chi connectivity index (χ4v) is 3.13. The van der Waals surface area contributed by atoms with E-state index in [9.17, 15) is 22.8 Å². The van der Waals surface area contributed by atoms with Gasteiger partial charge in [0.2, 0.25) is 0 Å². The summed E-state index contributed by atoms with van der Waals surface area (Å²) in [5, 5.41) is 8.90. The van der Waals surface area contributed by atoms with Gasteiger partial charge >= 0.3 is 6.18 Å². The van der Waals surface area contributed by atoms with Gasteiger partial charge in [0.05, 0.1) is 23.1 Å². The fraction of sp³-hybridized carbons (Fsp3) is 0.105. The van der Waals surface area contributed by atoms with Crippen LogP contribution in [0.5, 0.6) is 5.75 Å². The molecule has 1 aliphatic rings. The highest BCUT2D eigenvalue weighted by atomic mass is 35.5. The summed E-state index contributed by atoms with van der Waals surface area (Å²) < 4.78 is 47.1. The van der Waals surface area contributed by atoms with Gasteiger partial charge in [-0.25, -0.2) is 4.68 Å². The molecule has 0 saturated heterocycles. The molecule has 4 rings (SSSR count). The van der Waals surface area contributed by atoms with Crippen molar-refractivity contribution in [3.63, 3.8) is 0 Å². The molecule has 0 spiro atoms. The number of halogens is 4. The molecule has 0 saturated carbocycles. The SMILES string of the molecule is O=C1COc2ccc(NC(=O)c3cnn(-c4cccc(Cl)c4)c3C(F)(F)F)cc2N1. The number of fused-ring (bicyclic) bond motifs is 1. The molecular weight excluding hydrogens is 425 g/mol. The molecule has 7 nitrogen and oxygen atoms in total. The first-order valence-corrected chi connectivity index (χ1v) is 8.89. The standard InChI is InChI=1S/C19H12ClF3N4O3/c20-10-2-1-3-12(6-10)27-17(19(21,22)23)13(8-24-27)18(29)25-11-4-5-15-14(7-11)26-16(28)9-30-15/h1-8H,9H2,(H,25,29)(H,26,28). The zero-order valence-corrected chi connectivity index (χ0v) is 15.7. The monoisotopic (exact) mass is 436 g/mol. The molecule has 0 radical (unpaired) electrons. The third-order valence-electron chi connectivity index (χ3n) is 4.21. The Bertz CT molecular complexity index is 1160. The lowest BCUT2D eigenvalue weighted by molar-refractivity contribution is -0.143. The van der Waals surface area contributed by atoms with Crippen LogP contribution in [0.25, 0.3) is 5.69 Å². The number of carbonyl (C=O) groups excluding carboxylic acids is 2. The van der Waals surface area contributed by atoms with Gasteiger partial charge in [-0.15, -0.1) is 0 Å². The highest BCUT2D eigenvalue weighted by Gasteiger charge is 2.40. The van der Waals surface area contributed by atoms with Crippen molar-refractivity contribution in [2.75, 3.05) is 17.2 Å². The molecule has 1 aromatic heterocycles. The van der Waals surface area contributed by atoms with Gasteiger partial charge in [-0.1, -0.05) is 17.7 Å². The Kier molecular flexibility index (Phi) is 4.86. The first-order valence-electron chi connectivity index (χ1n) is 8.51. The van der Waals surface area contributed by atoms with Crippen LogP contribution in [0.3, 0.4) is 0 Å². The van der Waals surface area contributed by atoms with Crippen molar-refractivity contribution in [1.82, 2.24) is 9.78 Å². The molecule has 0 atom stereocenters.